The molecule has 12 nitrogen and oxygen atoms in total. The van der Waals surface area contributed by atoms with Gasteiger partial charge >= 0.3 is 0 Å². The van der Waals surface area contributed by atoms with Gasteiger partial charge in [0, 0.05) is 19.1 Å². The number of carbonyl (C=O) groups excluding carboxylic acids is 1. The Labute approximate surface area is 214 Å². The largest absolute Gasteiger partial charge is 0.478 e. The van der Waals surface area contributed by atoms with Gasteiger partial charge in [0.2, 0.25) is 11.9 Å². The first kappa shape index (κ1) is 24.9. The highest BCUT2D eigenvalue weighted by Crippen LogP contribution is 2.33. The van der Waals surface area contributed by atoms with Gasteiger partial charge in [-0.25, -0.2) is 9.37 Å². The Morgan fingerprint density at radius 1 is 1.30 bits per heavy atom. The van der Waals surface area contributed by atoms with Crippen LogP contribution in [0.3, 0.4) is 0 Å². The smallest absolute Gasteiger partial charge is 0.256 e. The van der Waals surface area contributed by atoms with E-state index in [0.717, 1.165) is 25.6 Å². The topological polar surface area (TPSA) is 118 Å². The van der Waals surface area contributed by atoms with Crippen molar-refractivity contribution in [2.75, 3.05) is 50.6 Å². The Bertz CT molecular complexity index is 1300. The average Bonchev–Trinajstić information content (AvgIpc) is 3.65. The fraction of sp³-hybridized carbons (Fsp3) is 0.542. The highest BCUT2D eigenvalue weighted by atomic mass is 19.1. The van der Waals surface area contributed by atoms with Crippen molar-refractivity contribution in [2.24, 2.45) is 0 Å². The van der Waals surface area contributed by atoms with E-state index in [0.29, 0.717) is 34.5 Å². The lowest BCUT2D eigenvalue weighted by Gasteiger charge is -2.18. The van der Waals surface area contributed by atoms with Crippen molar-refractivity contribution in [2.45, 2.75) is 44.6 Å². The maximum absolute atomic E-state index is 14.8. The molecule has 0 aromatic carbocycles. The molecular weight excluding hydrogens is 479 g/mol. The molecule has 0 unspecified atom stereocenters. The molecule has 5 rings (SSSR count). The summed E-state index contributed by atoms with van der Waals surface area (Å²) < 4.78 is 24.2. The predicted octanol–water partition coefficient (Wildman–Crippen LogP) is 2.06. The Morgan fingerprint density at radius 3 is 2.78 bits per heavy atom. The van der Waals surface area contributed by atoms with Crippen molar-refractivity contribution in [1.29, 1.82) is 0 Å². The number of nitrogens with zero attached hydrogens (tertiary/aromatic N) is 8. The van der Waals surface area contributed by atoms with E-state index in [2.05, 4.69) is 39.2 Å². The Balaban J connectivity index is 1.50. The molecule has 3 atom stereocenters. The number of rotatable bonds is 8. The summed E-state index contributed by atoms with van der Waals surface area (Å²) in [6.45, 7) is 9.73. The summed E-state index contributed by atoms with van der Waals surface area (Å²) in [4.78, 5) is 29.8. The number of amides is 1. The van der Waals surface area contributed by atoms with E-state index in [4.69, 9.17) is 14.7 Å². The first-order valence-corrected chi connectivity index (χ1v) is 12.4. The summed E-state index contributed by atoms with van der Waals surface area (Å²) in [5.74, 6) is 0.848. The number of nitrogens with one attached hydrogen (secondary N) is 2. The number of halogens is 1. The van der Waals surface area contributed by atoms with Crippen molar-refractivity contribution < 1.29 is 13.9 Å². The third-order valence-electron chi connectivity index (χ3n) is 6.90. The van der Waals surface area contributed by atoms with E-state index >= 15 is 0 Å². The molecule has 0 aliphatic carbocycles. The number of ether oxygens (including phenoxy) is 1. The minimum Gasteiger partial charge on any atom is -0.478 e. The number of methoxy groups -OCH3 is 1. The molecule has 2 fully saturated rings. The van der Waals surface area contributed by atoms with Crippen LogP contribution in [0.1, 0.15) is 32.4 Å². The highest BCUT2D eigenvalue weighted by Gasteiger charge is 2.35. The van der Waals surface area contributed by atoms with Crippen molar-refractivity contribution in [1.82, 2.24) is 39.5 Å². The van der Waals surface area contributed by atoms with Crippen LogP contribution in [0.2, 0.25) is 0 Å². The van der Waals surface area contributed by atoms with Crippen molar-refractivity contribution >= 4 is 34.5 Å². The lowest BCUT2D eigenvalue weighted by atomic mass is 10.2. The SMILES string of the molecule is C=CC(=O)N[C@@H]1CN(c2nc(Nc3cn([C@@H]4CCN(C)C4)nc3OC)c3ncn(C(C)C)c3n2)C[C@@H]1F. The molecule has 37 heavy (non-hydrogen) atoms. The lowest BCUT2D eigenvalue weighted by molar-refractivity contribution is -0.117. The zero-order valence-electron chi connectivity index (χ0n) is 21.6. The second-order valence-corrected chi connectivity index (χ2v) is 9.89. The maximum atomic E-state index is 14.8. The molecule has 2 aliphatic heterocycles. The number of likely N-dealkylation sites (tertiary alicyclic amines) is 1. The average molecular weight is 513 g/mol. The second kappa shape index (κ2) is 9.96. The zero-order chi connectivity index (χ0) is 26.3. The number of carbonyl (C=O) groups is 1. The molecule has 0 radical (unpaired) electrons. The first-order chi connectivity index (χ1) is 17.8. The number of alkyl halides is 1. The molecule has 13 heteroatoms. The number of hydrogen-bond acceptors (Lipinski definition) is 9. The fourth-order valence-electron chi connectivity index (χ4n) is 4.87. The standard InChI is InChI=1S/C24H33FN10O2/c1-6-19(36)27-17-11-33(10-16(17)25)24-29-21(20-22(30-24)34(13-26-20)14(2)3)28-18-12-35(31-23(18)37-5)15-7-8-32(4)9-15/h6,12-17H,1,7-11H2,2-5H3,(H,27,36)(H,28,29,30)/t15-,16+,17-/m1/s1. The molecule has 2 saturated heterocycles. The van der Waals surface area contributed by atoms with Gasteiger partial charge in [0.05, 0.1) is 38.3 Å². The van der Waals surface area contributed by atoms with Crippen molar-refractivity contribution in [3.8, 4) is 5.88 Å². The van der Waals surface area contributed by atoms with Gasteiger partial charge in [-0.3, -0.25) is 9.48 Å². The summed E-state index contributed by atoms with van der Waals surface area (Å²) in [7, 11) is 3.67. The molecule has 2 aliphatic rings. The van der Waals surface area contributed by atoms with Gasteiger partial charge in [0.1, 0.15) is 11.9 Å². The molecular formula is C24H33FN10O2. The normalized spacial score (nSPS) is 22.2. The van der Waals surface area contributed by atoms with Crippen LogP contribution in [0.4, 0.5) is 21.8 Å². The summed E-state index contributed by atoms with van der Waals surface area (Å²) in [5.41, 5.74) is 1.86. The first-order valence-electron chi connectivity index (χ1n) is 12.4. The van der Waals surface area contributed by atoms with Crippen LogP contribution in [0.5, 0.6) is 5.88 Å². The number of likely N-dealkylation sites (N-methyl/N-ethyl adjacent to an activating group) is 1. The van der Waals surface area contributed by atoms with Crippen molar-refractivity contribution in [3.05, 3.63) is 25.2 Å². The number of fused-ring (bicyclic) bond motifs is 1. The molecule has 3 aromatic rings. The number of imidazole rings is 1. The molecule has 0 saturated carbocycles. The van der Waals surface area contributed by atoms with Crippen LogP contribution in [-0.4, -0.2) is 92.7 Å². The van der Waals surface area contributed by atoms with Gasteiger partial charge < -0.3 is 29.7 Å². The molecule has 2 N–H and O–H groups in total. The van der Waals surface area contributed by atoms with E-state index in [1.807, 2.05) is 29.3 Å². The molecule has 198 valence electrons. The maximum Gasteiger partial charge on any atom is 0.256 e. The Morgan fingerprint density at radius 2 is 2.11 bits per heavy atom. The molecule has 0 spiro atoms. The minimum absolute atomic E-state index is 0.0549. The van der Waals surface area contributed by atoms with Crippen LogP contribution in [0, 0.1) is 0 Å². The number of aromatic nitrogens is 6. The van der Waals surface area contributed by atoms with Gasteiger partial charge in [-0.05, 0) is 39.9 Å². The van der Waals surface area contributed by atoms with Crippen molar-refractivity contribution in [3.63, 3.8) is 0 Å². The minimum atomic E-state index is -1.27. The van der Waals surface area contributed by atoms with E-state index in [9.17, 15) is 9.18 Å². The molecule has 0 bridgehead atoms. The van der Waals surface area contributed by atoms with Gasteiger partial charge in [0.25, 0.3) is 5.88 Å². The van der Waals surface area contributed by atoms with Gasteiger partial charge in [0.15, 0.2) is 17.0 Å². The van der Waals surface area contributed by atoms with E-state index in [1.54, 1.807) is 18.3 Å². The van der Waals surface area contributed by atoms with Crippen LogP contribution < -0.4 is 20.3 Å². The van der Waals surface area contributed by atoms with Gasteiger partial charge in [-0.1, -0.05) is 6.58 Å². The Kier molecular flexibility index (Phi) is 6.71. The molecule has 5 heterocycles. The van der Waals surface area contributed by atoms with E-state index in [1.165, 1.54) is 0 Å². The van der Waals surface area contributed by atoms with E-state index < -0.39 is 18.1 Å². The predicted molar refractivity (Wildman–Crippen MR) is 138 cm³/mol. The zero-order valence-corrected chi connectivity index (χ0v) is 21.6. The molecule has 3 aromatic heterocycles. The third-order valence-corrected chi connectivity index (χ3v) is 6.90. The van der Waals surface area contributed by atoms with Crippen LogP contribution in [0.25, 0.3) is 11.2 Å². The molecule has 1 amide bonds. The lowest BCUT2D eigenvalue weighted by Crippen LogP contribution is -2.40. The van der Waals surface area contributed by atoms with Crippen LogP contribution in [0.15, 0.2) is 25.2 Å². The van der Waals surface area contributed by atoms with Gasteiger partial charge in [-0.15, -0.1) is 5.10 Å². The summed E-state index contributed by atoms with van der Waals surface area (Å²) in [6.07, 6.45) is 4.52. The number of anilines is 3. The quantitative estimate of drug-likeness (QED) is 0.437. The third kappa shape index (κ3) is 4.82. The van der Waals surface area contributed by atoms with Crippen LogP contribution >= 0.6 is 0 Å². The van der Waals surface area contributed by atoms with E-state index in [-0.39, 0.29) is 25.2 Å². The van der Waals surface area contributed by atoms with Gasteiger partial charge in [-0.2, -0.15) is 9.97 Å². The van der Waals surface area contributed by atoms with Crippen LogP contribution in [-0.2, 0) is 4.79 Å². The summed E-state index contributed by atoms with van der Waals surface area (Å²) in [5, 5.41) is 10.6. The highest BCUT2D eigenvalue weighted by molar-refractivity contribution is 5.88. The fourth-order valence-corrected chi connectivity index (χ4v) is 4.87. The summed E-state index contributed by atoms with van der Waals surface area (Å²) >= 11 is 0. The monoisotopic (exact) mass is 512 g/mol. The Hall–Kier alpha value is -3.74. The summed E-state index contributed by atoms with van der Waals surface area (Å²) in [6, 6.07) is -0.326. The second-order valence-electron chi connectivity index (χ2n) is 9.89. The number of hydrogen-bond donors (Lipinski definition) is 2.